The summed E-state index contributed by atoms with van der Waals surface area (Å²) in [4.78, 5) is 47.0. The number of amides is 2. The third kappa shape index (κ3) is 15.1. The molecule has 0 aliphatic heterocycles. The van der Waals surface area contributed by atoms with Crippen molar-refractivity contribution in [3.8, 4) is 34.0 Å². The first-order chi connectivity index (χ1) is 31.3. The van der Waals surface area contributed by atoms with Gasteiger partial charge in [0.15, 0.2) is 5.82 Å². The van der Waals surface area contributed by atoms with Crippen LogP contribution < -0.4 is 20.1 Å². The number of carboxylic acid groups (broad SMARTS) is 1. The minimum atomic E-state index is -1.11. The maximum absolute atomic E-state index is 12.7. The molecule has 0 bridgehead atoms. The highest BCUT2D eigenvalue weighted by Gasteiger charge is 2.20. The van der Waals surface area contributed by atoms with E-state index in [-0.39, 0.29) is 31.2 Å². The first-order valence-electron chi connectivity index (χ1n) is 20.7. The van der Waals surface area contributed by atoms with Crippen molar-refractivity contribution in [1.82, 2.24) is 20.6 Å². The molecule has 0 saturated carbocycles. The van der Waals surface area contributed by atoms with Crippen LogP contribution in [-0.2, 0) is 31.9 Å². The van der Waals surface area contributed by atoms with Gasteiger partial charge in [0.1, 0.15) is 11.8 Å². The predicted octanol–water partition coefficient (Wildman–Crippen LogP) is 9.47. The third-order valence-electron chi connectivity index (χ3n) is 9.70. The molecule has 0 aliphatic rings. The zero-order chi connectivity index (χ0) is 44.8. The molecule has 0 spiro atoms. The maximum Gasteiger partial charge on any atom is 0.326 e. The molecule has 15 nitrogen and oxygen atoms in total. The molecule has 2 aromatic heterocycles. The van der Waals surface area contributed by atoms with Crippen molar-refractivity contribution in [1.29, 1.82) is 0 Å². The number of nitrogens with zero attached hydrogens (tertiary/aromatic N) is 4. The van der Waals surface area contributed by atoms with Crippen molar-refractivity contribution in [2.24, 2.45) is 10.2 Å². The summed E-state index contributed by atoms with van der Waals surface area (Å²) < 4.78 is 16.4. The number of azo groups is 1. The first-order valence-corrected chi connectivity index (χ1v) is 21.4. The zero-order valence-electron chi connectivity index (χ0n) is 34.9. The average molecular weight is 885 g/mol. The number of ether oxygens (including phenoxy) is 2. The monoisotopic (exact) mass is 884 g/mol. The second kappa shape index (κ2) is 25.2. The van der Waals surface area contributed by atoms with Crippen LogP contribution >= 0.6 is 12.0 Å². The fraction of sp³-hybridized carbons (Fsp3) is 0.229. The summed E-state index contributed by atoms with van der Waals surface area (Å²) in [5.41, 5.74) is 5.79. The van der Waals surface area contributed by atoms with Gasteiger partial charge in [-0.3, -0.25) is 9.59 Å². The maximum atomic E-state index is 12.7. The lowest BCUT2D eigenvalue weighted by Gasteiger charge is -2.15. The molecule has 16 heteroatoms. The van der Waals surface area contributed by atoms with Gasteiger partial charge in [0.25, 0.3) is 5.91 Å². The molecule has 1 unspecified atom stereocenters. The minimum Gasteiger partial charge on any atom is -0.494 e. The number of nitrogens with one attached hydrogen (secondary N) is 2. The molecular weight excluding hydrogens is 837 g/mol. The van der Waals surface area contributed by atoms with E-state index in [9.17, 15) is 19.5 Å². The van der Waals surface area contributed by atoms with Crippen LogP contribution in [0.25, 0.3) is 22.4 Å². The van der Waals surface area contributed by atoms with E-state index in [4.69, 9.17) is 19.7 Å². The van der Waals surface area contributed by atoms with E-state index in [0.29, 0.717) is 66.9 Å². The summed E-state index contributed by atoms with van der Waals surface area (Å²) >= 11 is 0.841. The smallest absolute Gasteiger partial charge is 0.326 e. The molecule has 0 radical (unpaired) electrons. The van der Waals surface area contributed by atoms with Crippen molar-refractivity contribution in [3.63, 3.8) is 0 Å². The molecule has 0 fully saturated rings. The van der Waals surface area contributed by atoms with E-state index in [0.717, 1.165) is 52.0 Å². The normalized spacial score (nSPS) is 11.5. The van der Waals surface area contributed by atoms with Crippen LogP contribution in [0.1, 0.15) is 53.6 Å². The second-order valence-electron chi connectivity index (χ2n) is 14.4. The Morgan fingerprint density at radius 2 is 1.48 bits per heavy atom. The van der Waals surface area contributed by atoms with Crippen LogP contribution in [0.3, 0.4) is 0 Å². The van der Waals surface area contributed by atoms with E-state index >= 15 is 0 Å². The van der Waals surface area contributed by atoms with Gasteiger partial charge >= 0.3 is 5.97 Å². The lowest BCUT2D eigenvalue weighted by atomic mass is 10.0. The first kappa shape index (κ1) is 46.5. The van der Waals surface area contributed by atoms with E-state index in [2.05, 4.69) is 41.3 Å². The van der Waals surface area contributed by atoms with Crippen molar-refractivity contribution >= 4 is 35.6 Å². The number of pyridine rings is 2. The van der Waals surface area contributed by atoms with Gasteiger partial charge in [-0.15, -0.1) is 9.45 Å². The largest absolute Gasteiger partial charge is 0.494 e. The van der Waals surface area contributed by atoms with Gasteiger partial charge in [-0.25, -0.2) is 20.0 Å². The number of unbranched alkanes of at least 4 members (excludes halogenated alkanes) is 2. The van der Waals surface area contributed by atoms with Gasteiger partial charge < -0.3 is 25.2 Å². The Morgan fingerprint density at radius 1 is 0.750 bits per heavy atom. The number of hydrogen-bond acceptors (Lipinski definition) is 13. The van der Waals surface area contributed by atoms with Gasteiger partial charge in [-0.1, -0.05) is 96.0 Å². The van der Waals surface area contributed by atoms with Crippen molar-refractivity contribution in [2.45, 2.75) is 56.0 Å². The number of hydrogen-bond donors (Lipinski definition) is 4. The fourth-order valence-corrected chi connectivity index (χ4v) is 6.87. The van der Waals surface area contributed by atoms with Crippen molar-refractivity contribution in [3.05, 3.63) is 156 Å². The minimum absolute atomic E-state index is 0.117. The highest BCUT2D eigenvalue weighted by molar-refractivity contribution is 7.94. The summed E-state index contributed by atoms with van der Waals surface area (Å²) in [7, 11) is 0. The van der Waals surface area contributed by atoms with Crippen LogP contribution in [0.4, 0.5) is 5.82 Å². The molecule has 1 atom stereocenters. The molecule has 2 amide bonds. The molecule has 2 heterocycles. The standard InChI is InChI=1S/C48H48N6O9S/c55-45(19-8-3-11-27-61-46-31-39(35-13-4-1-5-14-35)30-41(53-46)36-15-6-2-7-16-36)52-42(48(57)58)29-34-20-23-40(24-21-34)60-28-12-26-49-47(56)38-22-25-44(50-32-38)54-51-33-37-17-9-10-18-43(37)64-63-62-59/h1-2,4-7,9-10,13-18,20-25,30-32,42,59H,3,8,11-12,19,26-29,33H2,(H,49,56)(H,52,55)(H,57,58). The fourth-order valence-electron chi connectivity index (χ4n) is 6.40. The van der Waals surface area contributed by atoms with E-state index < -0.39 is 12.0 Å². The van der Waals surface area contributed by atoms with E-state index in [1.54, 1.807) is 42.5 Å². The van der Waals surface area contributed by atoms with Crippen LogP contribution in [0.15, 0.2) is 155 Å². The molecule has 64 heavy (non-hydrogen) atoms. The lowest BCUT2D eigenvalue weighted by molar-refractivity contribution is -0.432. The number of aromatic nitrogens is 2. The molecule has 0 aliphatic carbocycles. The number of carboxylic acids is 1. The van der Waals surface area contributed by atoms with Crippen LogP contribution in [-0.4, -0.2) is 63.9 Å². The Hall–Kier alpha value is -6.98. The Labute approximate surface area is 375 Å². The van der Waals surface area contributed by atoms with Crippen molar-refractivity contribution < 1.29 is 43.6 Å². The molecule has 4 aromatic carbocycles. The van der Waals surface area contributed by atoms with Gasteiger partial charge in [0, 0.05) is 42.1 Å². The lowest BCUT2D eigenvalue weighted by Crippen LogP contribution is -2.42. The summed E-state index contributed by atoms with van der Waals surface area (Å²) in [6.07, 6.45) is 4.29. The molecule has 330 valence electrons. The summed E-state index contributed by atoms with van der Waals surface area (Å²) in [5.74, 6) is -0.271. The Morgan fingerprint density at radius 3 is 2.22 bits per heavy atom. The average Bonchev–Trinajstić information content (AvgIpc) is 3.33. The second-order valence-corrected chi connectivity index (χ2v) is 15.1. The van der Waals surface area contributed by atoms with Gasteiger partial charge in [-0.05, 0) is 84.3 Å². The Bertz CT molecular complexity index is 2370. The van der Waals surface area contributed by atoms with Crippen molar-refractivity contribution in [2.75, 3.05) is 19.8 Å². The highest BCUT2D eigenvalue weighted by Crippen LogP contribution is 2.29. The SMILES string of the molecule is O=C(CCCCCOc1cc(-c2ccccc2)cc(-c2ccccc2)n1)NC(Cc1ccc(OCCCNC(=O)c2ccc(N=NCc3ccccc3SOOO)nc2)cc1)C(=O)O. The number of aliphatic carboxylic acids is 1. The summed E-state index contributed by atoms with van der Waals surface area (Å²) in [5, 5.41) is 35.7. The predicted molar refractivity (Wildman–Crippen MR) is 241 cm³/mol. The van der Waals surface area contributed by atoms with Crippen LogP contribution in [0, 0.1) is 0 Å². The van der Waals surface area contributed by atoms with E-state index in [1.165, 1.54) is 6.20 Å². The molecular formula is C48H48N6O9S. The Kier molecular flexibility index (Phi) is 18.3. The molecule has 4 N–H and O–H groups in total. The summed E-state index contributed by atoms with van der Waals surface area (Å²) in [6.45, 7) is 1.37. The number of carbonyl (C=O) groups excluding carboxylic acids is 2. The van der Waals surface area contributed by atoms with Gasteiger partial charge in [-0.2, -0.15) is 5.11 Å². The molecule has 6 aromatic rings. The highest BCUT2D eigenvalue weighted by atomic mass is 32.2. The van der Waals surface area contributed by atoms with Gasteiger partial charge in [0.05, 0.1) is 43.1 Å². The number of carbonyl (C=O) groups is 3. The van der Waals surface area contributed by atoms with Crippen LogP contribution in [0.5, 0.6) is 11.6 Å². The topological polar surface area (TPSA) is 203 Å². The summed E-state index contributed by atoms with van der Waals surface area (Å²) in [6, 6.07) is 40.4. The number of rotatable bonds is 25. The Balaban J connectivity index is 0.852. The number of benzene rings is 4. The van der Waals surface area contributed by atoms with Gasteiger partial charge in [0.2, 0.25) is 11.8 Å². The van der Waals surface area contributed by atoms with E-state index in [1.807, 2.05) is 84.9 Å². The third-order valence-corrected chi connectivity index (χ3v) is 10.4. The zero-order valence-corrected chi connectivity index (χ0v) is 35.7. The van der Waals surface area contributed by atoms with Crippen LogP contribution in [0.2, 0.25) is 0 Å². The molecule has 0 saturated heterocycles. The quantitative estimate of drug-likeness (QED) is 0.0140. The molecule has 6 rings (SSSR count).